The third-order valence-electron chi connectivity index (χ3n) is 5.17. The van der Waals surface area contributed by atoms with Crippen LogP contribution in [0.3, 0.4) is 0 Å². The van der Waals surface area contributed by atoms with Gasteiger partial charge in [-0.1, -0.05) is 59.1 Å². The number of amides is 2. The van der Waals surface area contributed by atoms with Crippen molar-refractivity contribution in [3.05, 3.63) is 91.8 Å². The van der Waals surface area contributed by atoms with E-state index in [0.717, 1.165) is 22.2 Å². The summed E-state index contributed by atoms with van der Waals surface area (Å²) in [6, 6.07) is 17.4. The first-order valence-electron chi connectivity index (χ1n) is 10.7. The standard InChI is InChI=1S/C26H20Cl3NO5S/c1-33-23-12-16(6-9-22(23)35-15-17-7-8-18(27)14-20(17)29)13-24-25(31)30(26(32)36-24)10-11-34-21-5-3-2-4-19(21)28/h2-9,12-14H,10-11,15H2,1H3/b24-13-. The zero-order valence-electron chi connectivity index (χ0n) is 19.0. The van der Waals surface area contributed by atoms with Crippen LogP contribution in [0.15, 0.2) is 65.6 Å². The average Bonchev–Trinajstić information content (AvgIpc) is 3.12. The van der Waals surface area contributed by atoms with Gasteiger partial charge in [-0.2, -0.15) is 0 Å². The Kier molecular flexibility index (Phi) is 8.69. The molecule has 1 heterocycles. The molecule has 1 fully saturated rings. The zero-order chi connectivity index (χ0) is 25.7. The normalized spacial score (nSPS) is 14.4. The molecule has 3 aromatic carbocycles. The number of halogens is 3. The molecule has 0 saturated carbocycles. The number of carbonyl (C=O) groups excluding carboxylic acids is 2. The van der Waals surface area contributed by atoms with E-state index in [2.05, 4.69) is 0 Å². The molecule has 4 rings (SSSR count). The lowest BCUT2D eigenvalue weighted by atomic mass is 10.1. The number of hydrogen-bond acceptors (Lipinski definition) is 6. The van der Waals surface area contributed by atoms with Crippen molar-refractivity contribution in [3.63, 3.8) is 0 Å². The third-order valence-corrected chi connectivity index (χ3v) is 6.97. The van der Waals surface area contributed by atoms with Crippen LogP contribution < -0.4 is 14.2 Å². The summed E-state index contributed by atoms with van der Waals surface area (Å²) in [4.78, 5) is 26.7. The number of methoxy groups -OCH3 is 1. The van der Waals surface area contributed by atoms with E-state index in [1.807, 2.05) is 0 Å². The van der Waals surface area contributed by atoms with Crippen molar-refractivity contribution >= 4 is 63.8 Å². The highest BCUT2D eigenvalue weighted by atomic mass is 35.5. The van der Waals surface area contributed by atoms with Crippen molar-refractivity contribution in [2.75, 3.05) is 20.3 Å². The highest BCUT2D eigenvalue weighted by Gasteiger charge is 2.34. The second-order valence-corrected chi connectivity index (χ2v) is 9.79. The predicted molar refractivity (Wildman–Crippen MR) is 143 cm³/mol. The van der Waals surface area contributed by atoms with Gasteiger partial charge in [-0.3, -0.25) is 14.5 Å². The molecule has 0 unspecified atom stereocenters. The van der Waals surface area contributed by atoms with Crippen molar-refractivity contribution in [3.8, 4) is 17.2 Å². The van der Waals surface area contributed by atoms with Crippen LogP contribution in [0.25, 0.3) is 6.08 Å². The maximum absolute atomic E-state index is 12.8. The fraction of sp³-hybridized carbons (Fsp3) is 0.154. The topological polar surface area (TPSA) is 65.1 Å². The summed E-state index contributed by atoms with van der Waals surface area (Å²) in [5.74, 6) is 1.09. The zero-order valence-corrected chi connectivity index (χ0v) is 22.1. The Morgan fingerprint density at radius 1 is 0.889 bits per heavy atom. The maximum Gasteiger partial charge on any atom is 0.293 e. The molecule has 2 amide bonds. The minimum Gasteiger partial charge on any atom is -0.493 e. The summed E-state index contributed by atoms with van der Waals surface area (Å²) in [6.07, 6.45) is 1.64. The molecule has 0 atom stereocenters. The van der Waals surface area contributed by atoms with Gasteiger partial charge in [0.15, 0.2) is 11.5 Å². The van der Waals surface area contributed by atoms with E-state index < -0.39 is 0 Å². The van der Waals surface area contributed by atoms with E-state index in [9.17, 15) is 9.59 Å². The third kappa shape index (κ3) is 6.28. The average molecular weight is 565 g/mol. The van der Waals surface area contributed by atoms with Gasteiger partial charge in [-0.25, -0.2) is 0 Å². The van der Waals surface area contributed by atoms with E-state index >= 15 is 0 Å². The number of thioether (sulfide) groups is 1. The number of para-hydroxylation sites is 1. The van der Waals surface area contributed by atoms with Crippen LogP contribution >= 0.6 is 46.6 Å². The molecular formula is C26H20Cl3NO5S. The number of rotatable bonds is 9. The maximum atomic E-state index is 12.8. The Morgan fingerprint density at radius 2 is 1.69 bits per heavy atom. The van der Waals surface area contributed by atoms with Crippen LogP contribution in [-0.4, -0.2) is 36.3 Å². The SMILES string of the molecule is COc1cc(/C=C2\SC(=O)N(CCOc3ccccc3Cl)C2=O)ccc1OCc1ccc(Cl)cc1Cl. The summed E-state index contributed by atoms with van der Waals surface area (Å²) < 4.78 is 16.9. The van der Waals surface area contributed by atoms with Gasteiger partial charge in [0.05, 0.1) is 23.6 Å². The van der Waals surface area contributed by atoms with Crippen LogP contribution in [0.4, 0.5) is 4.79 Å². The number of imide groups is 1. The van der Waals surface area contributed by atoms with E-state index in [0.29, 0.717) is 42.8 Å². The molecular weight excluding hydrogens is 545 g/mol. The van der Waals surface area contributed by atoms with Gasteiger partial charge in [-0.05, 0) is 59.8 Å². The van der Waals surface area contributed by atoms with Gasteiger partial charge >= 0.3 is 0 Å². The van der Waals surface area contributed by atoms with E-state index in [-0.39, 0.29) is 30.9 Å². The van der Waals surface area contributed by atoms with Crippen molar-refractivity contribution < 1.29 is 23.8 Å². The first-order valence-corrected chi connectivity index (χ1v) is 12.7. The predicted octanol–water partition coefficient (Wildman–Crippen LogP) is 7.35. The monoisotopic (exact) mass is 563 g/mol. The lowest BCUT2D eigenvalue weighted by molar-refractivity contribution is -0.123. The summed E-state index contributed by atoms with van der Waals surface area (Å²) in [5, 5.41) is 1.15. The Hall–Kier alpha value is -2.84. The molecule has 0 N–H and O–H groups in total. The number of nitrogens with zero attached hydrogens (tertiary/aromatic N) is 1. The fourth-order valence-corrected chi connectivity index (χ4v) is 4.86. The molecule has 10 heteroatoms. The second kappa shape index (κ2) is 11.9. The largest absolute Gasteiger partial charge is 0.493 e. The molecule has 1 aliphatic heterocycles. The summed E-state index contributed by atoms with van der Waals surface area (Å²) in [7, 11) is 1.52. The molecule has 186 valence electrons. The number of carbonyl (C=O) groups is 2. The molecule has 0 radical (unpaired) electrons. The van der Waals surface area contributed by atoms with Crippen LogP contribution in [0.2, 0.25) is 15.1 Å². The molecule has 1 saturated heterocycles. The highest BCUT2D eigenvalue weighted by molar-refractivity contribution is 8.18. The van der Waals surface area contributed by atoms with Gasteiger partial charge in [0.25, 0.3) is 11.1 Å². The molecule has 6 nitrogen and oxygen atoms in total. The molecule has 0 bridgehead atoms. The second-order valence-electron chi connectivity index (χ2n) is 7.55. The van der Waals surface area contributed by atoms with E-state index in [4.69, 9.17) is 49.0 Å². The lowest BCUT2D eigenvalue weighted by Crippen LogP contribution is -2.32. The Bertz CT molecular complexity index is 1330. The van der Waals surface area contributed by atoms with Crippen LogP contribution in [-0.2, 0) is 11.4 Å². The number of hydrogen-bond donors (Lipinski definition) is 0. The number of benzene rings is 3. The Balaban J connectivity index is 1.41. The van der Waals surface area contributed by atoms with Gasteiger partial charge in [-0.15, -0.1) is 0 Å². The lowest BCUT2D eigenvalue weighted by Gasteiger charge is -2.14. The minimum atomic E-state index is -0.385. The van der Waals surface area contributed by atoms with Gasteiger partial charge in [0.1, 0.15) is 19.0 Å². The fourth-order valence-electron chi connectivity index (χ4n) is 3.34. The van der Waals surface area contributed by atoms with Crippen molar-refractivity contribution in [1.82, 2.24) is 4.90 Å². The van der Waals surface area contributed by atoms with Gasteiger partial charge in [0, 0.05) is 15.6 Å². The first-order chi connectivity index (χ1) is 17.4. The van der Waals surface area contributed by atoms with Crippen LogP contribution in [0.5, 0.6) is 17.2 Å². The molecule has 0 aliphatic carbocycles. The molecule has 0 spiro atoms. The smallest absolute Gasteiger partial charge is 0.293 e. The summed E-state index contributed by atoms with van der Waals surface area (Å²) in [5.41, 5.74) is 1.46. The van der Waals surface area contributed by atoms with Gasteiger partial charge in [0.2, 0.25) is 0 Å². The minimum absolute atomic E-state index is 0.108. The highest BCUT2D eigenvalue weighted by Crippen LogP contribution is 2.35. The quantitative estimate of drug-likeness (QED) is 0.253. The summed E-state index contributed by atoms with van der Waals surface area (Å²) >= 11 is 19.1. The van der Waals surface area contributed by atoms with Crippen molar-refractivity contribution in [2.45, 2.75) is 6.61 Å². The molecule has 1 aliphatic rings. The first kappa shape index (κ1) is 26.2. The van der Waals surface area contributed by atoms with Crippen molar-refractivity contribution in [2.24, 2.45) is 0 Å². The van der Waals surface area contributed by atoms with Gasteiger partial charge < -0.3 is 14.2 Å². The molecule has 36 heavy (non-hydrogen) atoms. The molecule has 3 aromatic rings. The molecule has 0 aromatic heterocycles. The summed E-state index contributed by atoms with van der Waals surface area (Å²) in [6.45, 7) is 0.462. The van der Waals surface area contributed by atoms with Crippen molar-refractivity contribution in [1.29, 1.82) is 0 Å². The van der Waals surface area contributed by atoms with Crippen LogP contribution in [0, 0.1) is 0 Å². The van der Waals surface area contributed by atoms with E-state index in [1.54, 1.807) is 66.7 Å². The Labute approximate surface area is 227 Å². The number of ether oxygens (including phenoxy) is 3. The van der Waals surface area contributed by atoms with Crippen LogP contribution in [0.1, 0.15) is 11.1 Å². The van der Waals surface area contributed by atoms with E-state index in [1.165, 1.54) is 7.11 Å². The Morgan fingerprint density at radius 3 is 2.44 bits per heavy atom.